The van der Waals surface area contributed by atoms with E-state index in [2.05, 4.69) is 15.0 Å². The van der Waals surface area contributed by atoms with Crippen molar-refractivity contribution in [3.05, 3.63) is 29.8 Å². The quantitative estimate of drug-likeness (QED) is 0.390. The highest BCUT2D eigenvalue weighted by atomic mass is 127. The Kier molecular flexibility index (Phi) is 8.60. The number of hydrogen-bond acceptors (Lipinski definition) is 3. The Morgan fingerprint density at radius 3 is 2.79 bits per heavy atom. The van der Waals surface area contributed by atoms with Crippen LogP contribution in [-0.4, -0.2) is 38.1 Å². The standard InChI is InChI=1S/C15H20F3N3O2.HI/c16-15(17,18)23-13-6-2-1-4-11(13)7-8-20-14(19)21-10-12-5-3-9-22-12;/h1-2,4,6,12H,3,5,7-10H2,(H3,19,20,21);1H. The molecule has 0 radical (unpaired) electrons. The molecule has 136 valence electrons. The van der Waals surface area contributed by atoms with Gasteiger partial charge in [0.1, 0.15) is 5.75 Å². The largest absolute Gasteiger partial charge is 0.573 e. The van der Waals surface area contributed by atoms with Crippen molar-refractivity contribution >= 4 is 29.9 Å². The van der Waals surface area contributed by atoms with Gasteiger partial charge in [0, 0.05) is 13.2 Å². The Morgan fingerprint density at radius 2 is 2.12 bits per heavy atom. The molecule has 24 heavy (non-hydrogen) atoms. The number of nitrogens with two attached hydrogens (primary N) is 1. The molecule has 1 heterocycles. The van der Waals surface area contributed by atoms with Crippen LogP contribution in [0.5, 0.6) is 5.75 Å². The molecule has 1 fully saturated rings. The Balaban J connectivity index is 0.00000288. The van der Waals surface area contributed by atoms with E-state index >= 15 is 0 Å². The first kappa shape index (κ1) is 20.8. The second-order valence-electron chi connectivity index (χ2n) is 5.19. The highest BCUT2D eigenvalue weighted by molar-refractivity contribution is 14.0. The van der Waals surface area contributed by atoms with Gasteiger partial charge >= 0.3 is 6.36 Å². The van der Waals surface area contributed by atoms with Crippen LogP contribution in [0.3, 0.4) is 0 Å². The molecule has 5 nitrogen and oxygen atoms in total. The van der Waals surface area contributed by atoms with Crippen molar-refractivity contribution in [2.45, 2.75) is 31.7 Å². The molecular formula is C15H21F3IN3O2. The van der Waals surface area contributed by atoms with Crippen molar-refractivity contribution in [3.63, 3.8) is 0 Å². The van der Waals surface area contributed by atoms with Crippen molar-refractivity contribution < 1.29 is 22.6 Å². The maximum atomic E-state index is 12.3. The van der Waals surface area contributed by atoms with Crippen molar-refractivity contribution in [2.75, 3.05) is 19.7 Å². The highest BCUT2D eigenvalue weighted by Gasteiger charge is 2.31. The van der Waals surface area contributed by atoms with Crippen LogP contribution in [-0.2, 0) is 11.2 Å². The molecule has 1 saturated heterocycles. The number of hydrogen-bond donors (Lipinski definition) is 2. The molecule has 0 saturated carbocycles. The fraction of sp³-hybridized carbons (Fsp3) is 0.533. The van der Waals surface area contributed by atoms with Gasteiger partial charge in [-0.15, -0.1) is 37.1 Å². The average Bonchev–Trinajstić information content (AvgIpc) is 2.99. The summed E-state index contributed by atoms with van der Waals surface area (Å²) in [6.07, 6.45) is -2.26. The molecule has 1 unspecified atom stereocenters. The molecule has 3 N–H and O–H groups in total. The van der Waals surface area contributed by atoms with E-state index in [0.29, 0.717) is 25.1 Å². The number of para-hydroxylation sites is 1. The summed E-state index contributed by atoms with van der Waals surface area (Å²) in [5.41, 5.74) is 6.18. The van der Waals surface area contributed by atoms with E-state index in [9.17, 15) is 13.2 Å². The summed E-state index contributed by atoms with van der Waals surface area (Å²) >= 11 is 0. The predicted molar refractivity (Wildman–Crippen MR) is 95.7 cm³/mol. The molecule has 1 aliphatic heterocycles. The van der Waals surface area contributed by atoms with E-state index in [1.807, 2.05) is 0 Å². The molecule has 0 aromatic heterocycles. The van der Waals surface area contributed by atoms with E-state index in [0.717, 1.165) is 19.4 Å². The molecular weight excluding hydrogens is 438 g/mol. The minimum absolute atomic E-state index is 0. The summed E-state index contributed by atoms with van der Waals surface area (Å²) in [5, 5.41) is 2.88. The lowest BCUT2D eigenvalue weighted by atomic mass is 10.1. The zero-order chi connectivity index (χ0) is 16.7. The van der Waals surface area contributed by atoms with Crippen LogP contribution in [0.2, 0.25) is 0 Å². The van der Waals surface area contributed by atoms with Gasteiger partial charge < -0.3 is 20.5 Å². The molecule has 0 aliphatic carbocycles. The monoisotopic (exact) mass is 459 g/mol. The second kappa shape index (κ2) is 9.92. The lowest BCUT2D eigenvalue weighted by Gasteiger charge is -2.13. The van der Waals surface area contributed by atoms with Gasteiger partial charge in [-0.2, -0.15) is 0 Å². The van der Waals surface area contributed by atoms with Crippen LogP contribution in [0.4, 0.5) is 13.2 Å². The van der Waals surface area contributed by atoms with Gasteiger partial charge in [-0.1, -0.05) is 18.2 Å². The van der Waals surface area contributed by atoms with Crippen LogP contribution < -0.4 is 15.8 Å². The smallest absolute Gasteiger partial charge is 0.406 e. The first-order valence-corrected chi connectivity index (χ1v) is 7.43. The van der Waals surface area contributed by atoms with E-state index in [4.69, 9.17) is 10.5 Å². The number of halogens is 4. The topological polar surface area (TPSA) is 68.9 Å². The SMILES string of the molecule is I.NC(=NCC1CCCO1)NCCc1ccccc1OC(F)(F)F. The molecule has 2 rings (SSSR count). The Labute approximate surface area is 155 Å². The summed E-state index contributed by atoms with van der Waals surface area (Å²) in [6.45, 7) is 1.61. The molecule has 1 aromatic carbocycles. The number of nitrogens with one attached hydrogen (secondary N) is 1. The molecule has 0 bridgehead atoms. The van der Waals surface area contributed by atoms with Crippen LogP contribution in [0.1, 0.15) is 18.4 Å². The number of nitrogens with zero attached hydrogens (tertiary/aromatic N) is 1. The third-order valence-electron chi connectivity index (χ3n) is 3.39. The summed E-state index contributed by atoms with van der Waals surface area (Å²) in [7, 11) is 0. The fourth-order valence-corrected chi connectivity index (χ4v) is 2.30. The minimum Gasteiger partial charge on any atom is -0.406 e. The van der Waals surface area contributed by atoms with E-state index < -0.39 is 6.36 Å². The second-order valence-corrected chi connectivity index (χ2v) is 5.19. The Bertz CT molecular complexity index is 535. The predicted octanol–water partition coefficient (Wildman–Crippen LogP) is 2.83. The van der Waals surface area contributed by atoms with Gasteiger partial charge in [-0.25, -0.2) is 0 Å². The highest BCUT2D eigenvalue weighted by Crippen LogP contribution is 2.26. The summed E-state index contributed by atoms with van der Waals surface area (Å²) in [4.78, 5) is 4.17. The lowest BCUT2D eigenvalue weighted by Crippen LogP contribution is -2.34. The number of rotatable bonds is 6. The van der Waals surface area contributed by atoms with Crippen molar-refractivity contribution in [1.29, 1.82) is 0 Å². The van der Waals surface area contributed by atoms with Crippen molar-refractivity contribution in [3.8, 4) is 5.75 Å². The maximum Gasteiger partial charge on any atom is 0.573 e. The summed E-state index contributed by atoms with van der Waals surface area (Å²) in [6, 6.07) is 6.03. The Morgan fingerprint density at radius 1 is 1.38 bits per heavy atom. The lowest BCUT2D eigenvalue weighted by molar-refractivity contribution is -0.274. The molecule has 0 spiro atoms. The number of ether oxygens (including phenoxy) is 2. The number of alkyl halides is 3. The molecule has 0 amide bonds. The fourth-order valence-electron chi connectivity index (χ4n) is 2.30. The van der Waals surface area contributed by atoms with Gasteiger partial charge in [0.15, 0.2) is 5.96 Å². The molecule has 9 heteroatoms. The van der Waals surface area contributed by atoms with Crippen molar-refractivity contribution in [1.82, 2.24) is 5.32 Å². The van der Waals surface area contributed by atoms with Gasteiger partial charge in [0.2, 0.25) is 0 Å². The third kappa shape index (κ3) is 7.56. The normalized spacial score (nSPS) is 18.1. The first-order chi connectivity index (χ1) is 10.9. The third-order valence-corrected chi connectivity index (χ3v) is 3.39. The zero-order valence-electron chi connectivity index (χ0n) is 13.0. The van der Waals surface area contributed by atoms with Crippen LogP contribution in [0, 0.1) is 0 Å². The first-order valence-electron chi connectivity index (χ1n) is 7.43. The van der Waals surface area contributed by atoms with Crippen LogP contribution in [0.25, 0.3) is 0 Å². The minimum atomic E-state index is -4.70. The van der Waals surface area contributed by atoms with Crippen molar-refractivity contribution in [2.24, 2.45) is 10.7 Å². The maximum absolute atomic E-state index is 12.3. The van der Waals surface area contributed by atoms with Crippen LogP contribution >= 0.6 is 24.0 Å². The summed E-state index contributed by atoms with van der Waals surface area (Å²) < 4.78 is 46.4. The van der Waals surface area contributed by atoms with E-state index in [1.54, 1.807) is 12.1 Å². The number of benzene rings is 1. The number of guanidine groups is 1. The van der Waals surface area contributed by atoms with Crippen LogP contribution in [0.15, 0.2) is 29.3 Å². The van der Waals surface area contributed by atoms with E-state index in [-0.39, 0.29) is 41.8 Å². The van der Waals surface area contributed by atoms with Gasteiger partial charge in [0.05, 0.1) is 12.6 Å². The number of aliphatic imine (C=N–C) groups is 1. The Hall–Kier alpha value is -1.23. The zero-order valence-corrected chi connectivity index (χ0v) is 15.3. The molecule has 1 aliphatic rings. The van der Waals surface area contributed by atoms with Gasteiger partial charge in [-0.05, 0) is 30.9 Å². The molecule has 1 aromatic rings. The average molecular weight is 459 g/mol. The van der Waals surface area contributed by atoms with Gasteiger partial charge in [0.25, 0.3) is 0 Å². The molecule has 1 atom stereocenters. The summed E-state index contributed by atoms with van der Waals surface area (Å²) in [5.74, 6) is 0.0615. The van der Waals surface area contributed by atoms with E-state index in [1.165, 1.54) is 12.1 Å². The van der Waals surface area contributed by atoms with Gasteiger partial charge in [-0.3, -0.25) is 4.99 Å².